The number of nitrogens with zero attached hydrogens (tertiary/aromatic N) is 4. The number of benzene rings is 1. The summed E-state index contributed by atoms with van der Waals surface area (Å²) < 4.78 is 38.1. The van der Waals surface area contributed by atoms with E-state index < -0.39 is 67.7 Å². The highest BCUT2D eigenvalue weighted by Gasteiger charge is 2.55. The Kier molecular flexibility index (Phi) is 9.67. The number of carboxylic acids is 1. The van der Waals surface area contributed by atoms with Gasteiger partial charge < -0.3 is 20.5 Å². The number of thioether (sulfide) groups is 2. The molecule has 3 heterocycles. The van der Waals surface area contributed by atoms with Gasteiger partial charge in [-0.3, -0.25) is 19.0 Å². The number of hydrogen-bond acceptors (Lipinski definition) is 12. The Hall–Kier alpha value is -3.68. The monoisotopic (exact) mass is 655 g/mol. The highest BCUT2D eigenvalue weighted by atomic mass is 32.2. The van der Waals surface area contributed by atoms with Crippen molar-refractivity contribution in [2.45, 2.75) is 61.2 Å². The fourth-order valence-corrected chi connectivity index (χ4v) is 7.96. The molecule has 1 aromatic carbocycles. The van der Waals surface area contributed by atoms with Crippen LogP contribution in [0, 0.1) is 0 Å². The first-order chi connectivity index (χ1) is 20.1. The summed E-state index contributed by atoms with van der Waals surface area (Å²) in [6.07, 6.45) is -0.602. The topological polar surface area (TPSA) is 234 Å². The molecule has 2 aliphatic heterocycles. The van der Waals surface area contributed by atoms with Crippen molar-refractivity contribution in [3.63, 3.8) is 0 Å². The zero-order chi connectivity index (χ0) is 31.5. The number of β-lactam (4-membered cyclic amide) rings is 1. The minimum absolute atomic E-state index is 0.00623. The van der Waals surface area contributed by atoms with Crippen LogP contribution in [0.1, 0.15) is 31.9 Å². The summed E-state index contributed by atoms with van der Waals surface area (Å²) in [4.78, 5) is 51.0. The number of aromatic nitrogens is 4. The summed E-state index contributed by atoms with van der Waals surface area (Å²) in [5.74, 6) is -3.43. The van der Waals surface area contributed by atoms with Crippen molar-refractivity contribution in [3.8, 4) is 0 Å². The van der Waals surface area contributed by atoms with Crippen LogP contribution >= 0.6 is 23.5 Å². The number of ether oxygens (including phenoxy) is 1. The molecule has 1 aromatic heterocycles. The molecule has 3 amide bonds. The number of alkyl carbamates (subject to hydrolysis) is 1. The van der Waals surface area contributed by atoms with Gasteiger partial charge in [0, 0.05) is 12.3 Å². The van der Waals surface area contributed by atoms with Crippen molar-refractivity contribution in [2.75, 3.05) is 11.5 Å². The number of nitrogens with one attached hydrogen (secondary N) is 3. The highest BCUT2D eigenvalue weighted by Crippen LogP contribution is 2.43. The SMILES string of the molecule is CC(C)(C)OC(=O)NCc1ccc(CC(=O)NC2C(=O)N3C(C(=O)O)=C(C(CS(=O)(=O)O)Sc4nn[nH]n4)CS[C@@H]23)cc1. The lowest BCUT2D eigenvalue weighted by Crippen LogP contribution is -2.70. The van der Waals surface area contributed by atoms with E-state index in [0.717, 1.165) is 34.0 Å². The van der Waals surface area contributed by atoms with Crippen LogP contribution in [0.3, 0.4) is 0 Å². The fraction of sp³-hybridized carbons (Fsp3) is 0.458. The van der Waals surface area contributed by atoms with Crippen molar-refractivity contribution >= 4 is 57.5 Å². The van der Waals surface area contributed by atoms with Crippen molar-refractivity contribution in [3.05, 3.63) is 46.7 Å². The fourth-order valence-electron chi connectivity index (χ4n) is 4.29. The average molecular weight is 656 g/mol. The van der Waals surface area contributed by atoms with Crippen molar-refractivity contribution in [1.82, 2.24) is 36.2 Å². The van der Waals surface area contributed by atoms with Gasteiger partial charge in [-0.15, -0.1) is 22.0 Å². The molecule has 0 spiro atoms. The third-order valence-electron chi connectivity index (χ3n) is 6.06. The first-order valence-corrected chi connectivity index (χ1v) is 16.3. The average Bonchev–Trinajstić information content (AvgIpc) is 3.41. The minimum Gasteiger partial charge on any atom is -0.477 e. The predicted molar refractivity (Wildman–Crippen MR) is 153 cm³/mol. The maximum absolute atomic E-state index is 13.1. The number of amides is 3. The van der Waals surface area contributed by atoms with E-state index >= 15 is 0 Å². The molecule has 0 saturated carbocycles. The lowest BCUT2D eigenvalue weighted by atomic mass is 10.0. The van der Waals surface area contributed by atoms with Gasteiger partial charge in [0.1, 0.15) is 22.7 Å². The molecule has 0 bridgehead atoms. The highest BCUT2D eigenvalue weighted by molar-refractivity contribution is 8.01. The van der Waals surface area contributed by atoms with Gasteiger partial charge >= 0.3 is 12.1 Å². The second-order valence-corrected chi connectivity index (χ2v) is 14.3. The van der Waals surface area contributed by atoms with Gasteiger partial charge in [-0.1, -0.05) is 36.0 Å². The number of carbonyl (C=O) groups is 4. The quantitative estimate of drug-likeness (QED) is 0.126. The molecule has 5 N–H and O–H groups in total. The largest absolute Gasteiger partial charge is 0.477 e. The molecule has 3 atom stereocenters. The zero-order valence-electron chi connectivity index (χ0n) is 23.1. The summed E-state index contributed by atoms with van der Waals surface area (Å²) in [5, 5.41) is 26.5. The normalized spacial score (nSPS) is 19.3. The van der Waals surface area contributed by atoms with E-state index in [0.29, 0.717) is 5.56 Å². The van der Waals surface area contributed by atoms with Crippen LogP contribution in [-0.2, 0) is 42.2 Å². The van der Waals surface area contributed by atoms with Gasteiger partial charge in [0.2, 0.25) is 11.1 Å². The Morgan fingerprint density at radius 3 is 2.49 bits per heavy atom. The van der Waals surface area contributed by atoms with Gasteiger partial charge in [-0.25, -0.2) is 9.59 Å². The standard InChI is InChI=1S/C24H29N7O9S3/c1-24(2,3)40-23(36)25-9-13-6-4-12(5-7-13)8-16(32)26-17-19(33)31-18(21(34)35)14(10-41-20(17)31)15(11-43(37,38)39)42-22-27-29-30-28-22/h4-7,15,17,20H,8-11H2,1-3H3,(H,25,36)(H,26,32)(H,34,35)(H,37,38,39)(H,27,28,29,30)/t15?,17?,20-/m0/s1. The molecule has 232 valence electrons. The van der Waals surface area contributed by atoms with E-state index in [1.54, 1.807) is 45.0 Å². The number of rotatable bonds is 11. The summed E-state index contributed by atoms with van der Waals surface area (Å²) in [7, 11) is -4.55. The van der Waals surface area contributed by atoms with Crippen molar-refractivity contribution in [2.24, 2.45) is 0 Å². The lowest BCUT2D eigenvalue weighted by molar-refractivity contribution is -0.150. The predicted octanol–water partition coefficient (Wildman–Crippen LogP) is 0.554. The van der Waals surface area contributed by atoms with E-state index in [1.165, 1.54) is 0 Å². The summed E-state index contributed by atoms with van der Waals surface area (Å²) in [5.41, 5.74) is 0.482. The van der Waals surface area contributed by atoms with Crippen molar-refractivity contribution in [1.29, 1.82) is 0 Å². The maximum atomic E-state index is 13.1. The molecule has 0 radical (unpaired) electrons. The second kappa shape index (κ2) is 12.9. The first-order valence-electron chi connectivity index (χ1n) is 12.7. The smallest absolute Gasteiger partial charge is 0.407 e. The molecule has 4 rings (SSSR count). The summed E-state index contributed by atoms with van der Waals surface area (Å²) in [6.45, 7) is 5.51. The number of carboxylic acid groups (broad SMARTS) is 1. The van der Waals surface area contributed by atoms with Gasteiger partial charge in [0.15, 0.2) is 0 Å². The second-order valence-electron chi connectivity index (χ2n) is 10.5. The molecule has 2 unspecified atom stereocenters. The Morgan fingerprint density at radius 1 is 1.23 bits per heavy atom. The number of tetrazole rings is 1. The van der Waals surface area contributed by atoms with Crippen LogP contribution < -0.4 is 10.6 Å². The van der Waals surface area contributed by atoms with E-state index in [4.69, 9.17) is 4.74 Å². The molecular formula is C24H29N7O9S3. The van der Waals surface area contributed by atoms with Gasteiger partial charge in [-0.05, 0) is 42.7 Å². The van der Waals surface area contributed by atoms with Crippen LogP contribution in [0.15, 0.2) is 40.7 Å². The van der Waals surface area contributed by atoms with Gasteiger partial charge in [0.25, 0.3) is 16.0 Å². The Morgan fingerprint density at radius 2 is 1.91 bits per heavy atom. The van der Waals surface area contributed by atoms with Gasteiger partial charge in [0.05, 0.1) is 17.4 Å². The number of carbonyl (C=O) groups excluding carboxylic acids is 3. The Labute approximate surface area is 254 Å². The summed E-state index contributed by atoms with van der Waals surface area (Å²) in [6, 6.07) is 5.92. The Balaban J connectivity index is 1.39. The molecule has 1 fully saturated rings. The zero-order valence-corrected chi connectivity index (χ0v) is 25.6. The van der Waals surface area contributed by atoms with Crippen molar-refractivity contribution < 1.29 is 42.0 Å². The lowest BCUT2D eigenvalue weighted by Gasteiger charge is -2.50. The number of aromatic amines is 1. The van der Waals surface area contributed by atoms with E-state index in [1.807, 2.05) is 0 Å². The molecule has 2 aliphatic rings. The number of fused-ring (bicyclic) bond motifs is 1. The minimum atomic E-state index is -4.55. The van der Waals surface area contributed by atoms with Crippen LogP contribution in [0.5, 0.6) is 0 Å². The molecule has 0 aliphatic carbocycles. The van der Waals surface area contributed by atoms with E-state index in [9.17, 15) is 37.3 Å². The molecule has 16 nitrogen and oxygen atoms in total. The third kappa shape index (κ3) is 8.46. The van der Waals surface area contributed by atoms with Crippen LogP contribution in [0.25, 0.3) is 0 Å². The molecular weight excluding hydrogens is 627 g/mol. The number of aliphatic carboxylic acids is 1. The van der Waals surface area contributed by atoms with Crippen LogP contribution in [0.2, 0.25) is 0 Å². The summed E-state index contributed by atoms with van der Waals surface area (Å²) >= 11 is 1.93. The Bertz CT molecular complexity index is 1520. The molecule has 2 aromatic rings. The number of H-pyrrole nitrogens is 1. The van der Waals surface area contributed by atoms with Crippen LogP contribution in [-0.4, -0.2) is 101 Å². The van der Waals surface area contributed by atoms with Gasteiger partial charge in [-0.2, -0.15) is 13.6 Å². The van der Waals surface area contributed by atoms with E-state index in [2.05, 4.69) is 31.3 Å². The maximum Gasteiger partial charge on any atom is 0.407 e. The molecule has 1 saturated heterocycles. The number of hydrogen-bond donors (Lipinski definition) is 5. The van der Waals surface area contributed by atoms with Crippen LogP contribution in [0.4, 0.5) is 4.79 Å². The third-order valence-corrected chi connectivity index (χ3v) is 9.45. The molecule has 43 heavy (non-hydrogen) atoms. The first kappa shape index (κ1) is 32.2. The molecule has 19 heteroatoms. The van der Waals surface area contributed by atoms with E-state index in [-0.39, 0.29) is 29.4 Å².